The molecular weight excluding hydrogens is 412 g/mol. The molecule has 3 amide bonds. The number of halogens is 1. The summed E-state index contributed by atoms with van der Waals surface area (Å²) < 4.78 is 15.8. The number of benzene rings is 1. The molecule has 0 spiro atoms. The Morgan fingerprint density at radius 3 is 2.77 bits per heavy atom. The van der Waals surface area contributed by atoms with E-state index in [-0.39, 0.29) is 29.9 Å². The Kier molecular flexibility index (Phi) is 6.47. The summed E-state index contributed by atoms with van der Waals surface area (Å²) in [7, 11) is 1.23. The number of amides is 3. The van der Waals surface area contributed by atoms with E-state index >= 15 is 0 Å². The number of urea groups is 1. The van der Waals surface area contributed by atoms with E-state index in [1.165, 1.54) is 25.3 Å². The van der Waals surface area contributed by atoms with E-state index in [4.69, 9.17) is 20.8 Å². The molecule has 1 unspecified atom stereocenters. The Bertz CT molecular complexity index is 1010. The van der Waals surface area contributed by atoms with Crippen molar-refractivity contribution >= 4 is 35.6 Å². The average molecular weight is 433 g/mol. The molecule has 0 saturated carbocycles. The first-order valence-corrected chi connectivity index (χ1v) is 9.68. The number of carbonyl (C=O) groups excluding carboxylic acids is 3. The molecule has 0 bridgehead atoms. The number of furan rings is 1. The van der Waals surface area contributed by atoms with Crippen molar-refractivity contribution in [2.45, 2.75) is 32.9 Å². The van der Waals surface area contributed by atoms with E-state index in [0.29, 0.717) is 16.3 Å². The van der Waals surface area contributed by atoms with Crippen molar-refractivity contribution in [3.8, 4) is 5.75 Å². The Labute approximate surface area is 178 Å². The highest BCUT2D eigenvalue weighted by atomic mass is 35.5. The lowest BCUT2D eigenvalue weighted by molar-refractivity contribution is -0.123. The Morgan fingerprint density at radius 2 is 2.07 bits per heavy atom. The smallest absolute Gasteiger partial charge is 0.373 e. The second kappa shape index (κ2) is 9.04. The predicted molar refractivity (Wildman–Crippen MR) is 109 cm³/mol. The number of nitrogens with zero attached hydrogens (tertiary/aromatic N) is 1. The van der Waals surface area contributed by atoms with Crippen molar-refractivity contribution in [2.24, 2.45) is 0 Å². The fourth-order valence-corrected chi connectivity index (χ4v) is 2.92. The molecule has 1 aromatic carbocycles. The minimum atomic E-state index is -0.645. The van der Waals surface area contributed by atoms with Crippen LogP contribution in [0.4, 0.5) is 4.79 Å². The molecule has 1 saturated heterocycles. The Morgan fingerprint density at radius 1 is 1.30 bits per heavy atom. The van der Waals surface area contributed by atoms with Crippen LogP contribution in [-0.4, -0.2) is 36.0 Å². The molecule has 9 heteroatoms. The van der Waals surface area contributed by atoms with Crippen molar-refractivity contribution in [1.29, 1.82) is 0 Å². The molecule has 1 aromatic heterocycles. The maximum absolute atomic E-state index is 12.8. The van der Waals surface area contributed by atoms with Gasteiger partial charge in [0.15, 0.2) is 0 Å². The van der Waals surface area contributed by atoms with E-state index < -0.39 is 17.9 Å². The molecule has 1 aliphatic rings. The fraction of sp³-hybridized carbons (Fsp3) is 0.286. The van der Waals surface area contributed by atoms with Gasteiger partial charge in [-0.1, -0.05) is 18.5 Å². The minimum absolute atomic E-state index is 0.0129. The molecule has 0 aliphatic carbocycles. The van der Waals surface area contributed by atoms with Gasteiger partial charge in [-0.25, -0.2) is 9.59 Å². The highest BCUT2D eigenvalue weighted by molar-refractivity contribution is 6.30. The van der Waals surface area contributed by atoms with Gasteiger partial charge in [-0.05, 0) is 49.8 Å². The lowest BCUT2D eigenvalue weighted by Gasteiger charge is -2.15. The number of hydrogen-bond acceptors (Lipinski definition) is 6. The number of imide groups is 1. The topological polar surface area (TPSA) is 98.1 Å². The van der Waals surface area contributed by atoms with Gasteiger partial charge in [0.2, 0.25) is 5.76 Å². The number of carbonyl (C=O) groups is 3. The van der Waals surface area contributed by atoms with Gasteiger partial charge in [-0.15, -0.1) is 0 Å². The number of ether oxygens (including phenoxy) is 2. The van der Waals surface area contributed by atoms with Crippen molar-refractivity contribution < 1.29 is 28.3 Å². The van der Waals surface area contributed by atoms with Crippen LogP contribution in [0.15, 0.2) is 40.4 Å². The first-order chi connectivity index (χ1) is 14.3. The summed E-state index contributed by atoms with van der Waals surface area (Å²) in [6, 6.07) is 7.39. The molecule has 2 aromatic rings. The summed E-state index contributed by atoms with van der Waals surface area (Å²) in [5.41, 5.74) is 0.648. The van der Waals surface area contributed by atoms with Crippen LogP contribution in [0.2, 0.25) is 5.02 Å². The molecule has 2 heterocycles. The van der Waals surface area contributed by atoms with Gasteiger partial charge >= 0.3 is 12.0 Å². The molecule has 8 nitrogen and oxygen atoms in total. The summed E-state index contributed by atoms with van der Waals surface area (Å²) in [6.45, 7) is 3.80. The van der Waals surface area contributed by atoms with E-state index in [1.54, 1.807) is 18.2 Å². The molecule has 30 heavy (non-hydrogen) atoms. The molecular formula is C21H21ClN2O6. The number of methoxy groups -OCH3 is 1. The molecule has 1 atom stereocenters. The van der Waals surface area contributed by atoms with Gasteiger partial charge in [0.25, 0.3) is 5.91 Å². The molecule has 3 rings (SSSR count). The van der Waals surface area contributed by atoms with Crippen LogP contribution >= 0.6 is 11.6 Å². The van der Waals surface area contributed by atoms with Gasteiger partial charge < -0.3 is 19.2 Å². The third kappa shape index (κ3) is 4.65. The third-order valence-corrected chi connectivity index (χ3v) is 4.73. The van der Waals surface area contributed by atoms with Crippen molar-refractivity contribution in [3.05, 3.63) is 58.1 Å². The predicted octanol–water partition coefficient (Wildman–Crippen LogP) is 3.99. The second-order valence-corrected chi connectivity index (χ2v) is 7.09. The molecule has 1 aliphatic heterocycles. The number of esters is 1. The fourth-order valence-electron chi connectivity index (χ4n) is 2.74. The van der Waals surface area contributed by atoms with Gasteiger partial charge in [0.05, 0.1) is 19.8 Å². The Hall–Kier alpha value is -3.26. The largest absolute Gasteiger partial charge is 0.490 e. The zero-order chi connectivity index (χ0) is 21.8. The van der Waals surface area contributed by atoms with Crippen LogP contribution < -0.4 is 10.1 Å². The van der Waals surface area contributed by atoms with Crippen LogP contribution in [0.5, 0.6) is 5.75 Å². The lowest BCUT2D eigenvalue weighted by atomic mass is 10.1. The van der Waals surface area contributed by atoms with Crippen molar-refractivity contribution in [2.75, 3.05) is 7.11 Å². The SMILES string of the molecule is CCC(C)Oc1ccc(Cl)cc1C=C1NC(=O)N(Cc2ccc(C(=O)OC)o2)C1=O. The van der Waals surface area contributed by atoms with Gasteiger partial charge in [0.1, 0.15) is 17.2 Å². The Balaban J connectivity index is 1.82. The number of nitrogens with one attached hydrogen (secondary N) is 1. The first-order valence-electron chi connectivity index (χ1n) is 9.30. The normalized spacial score (nSPS) is 16.0. The maximum Gasteiger partial charge on any atom is 0.373 e. The maximum atomic E-state index is 12.8. The molecule has 1 N–H and O–H groups in total. The average Bonchev–Trinajstić information content (AvgIpc) is 3.30. The number of rotatable bonds is 7. The molecule has 0 radical (unpaired) electrons. The number of hydrogen-bond donors (Lipinski definition) is 1. The summed E-state index contributed by atoms with van der Waals surface area (Å²) >= 11 is 6.10. The standard InChI is InChI=1S/C21H21ClN2O6/c1-4-12(2)29-17-7-5-14(22)9-13(17)10-16-19(25)24(21(27)23-16)11-15-6-8-18(30-15)20(26)28-3/h5-10,12H,4,11H2,1-3H3,(H,23,27). The van der Waals surface area contributed by atoms with E-state index in [9.17, 15) is 14.4 Å². The van der Waals surface area contributed by atoms with Crippen LogP contribution in [0.1, 0.15) is 42.1 Å². The summed E-state index contributed by atoms with van der Waals surface area (Å²) in [5, 5.41) is 3.01. The summed E-state index contributed by atoms with van der Waals surface area (Å²) in [5.74, 6) is -0.375. The van der Waals surface area contributed by atoms with Crippen LogP contribution in [-0.2, 0) is 16.1 Å². The van der Waals surface area contributed by atoms with Gasteiger partial charge in [-0.3, -0.25) is 9.69 Å². The van der Waals surface area contributed by atoms with Crippen LogP contribution in [0.25, 0.3) is 6.08 Å². The quantitative estimate of drug-likeness (QED) is 0.403. The van der Waals surface area contributed by atoms with E-state index in [2.05, 4.69) is 10.1 Å². The lowest BCUT2D eigenvalue weighted by Crippen LogP contribution is -2.30. The van der Waals surface area contributed by atoms with Crippen LogP contribution in [0, 0.1) is 0 Å². The summed E-state index contributed by atoms with van der Waals surface area (Å²) in [4.78, 5) is 37.6. The van der Waals surface area contributed by atoms with Crippen molar-refractivity contribution in [1.82, 2.24) is 10.2 Å². The summed E-state index contributed by atoms with van der Waals surface area (Å²) in [6.07, 6.45) is 2.29. The highest BCUT2D eigenvalue weighted by Crippen LogP contribution is 2.28. The van der Waals surface area contributed by atoms with Crippen molar-refractivity contribution in [3.63, 3.8) is 0 Å². The zero-order valence-corrected chi connectivity index (χ0v) is 17.5. The van der Waals surface area contributed by atoms with Gasteiger partial charge in [0, 0.05) is 10.6 Å². The van der Waals surface area contributed by atoms with E-state index in [0.717, 1.165) is 11.3 Å². The third-order valence-electron chi connectivity index (χ3n) is 4.50. The molecule has 1 fully saturated rings. The zero-order valence-electron chi connectivity index (χ0n) is 16.7. The van der Waals surface area contributed by atoms with Crippen LogP contribution in [0.3, 0.4) is 0 Å². The van der Waals surface area contributed by atoms with E-state index in [1.807, 2.05) is 13.8 Å². The monoisotopic (exact) mass is 432 g/mol. The first kappa shape index (κ1) is 21.4. The molecule has 158 valence electrons. The minimum Gasteiger partial charge on any atom is -0.490 e. The highest BCUT2D eigenvalue weighted by Gasteiger charge is 2.34. The second-order valence-electron chi connectivity index (χ2n) is 6.66. The van der Waals surface area contributed by atoms with Gasteiger partial charge in [-0.2, -0.15) is 0 Å².